The number of imidazole rings is 1. The van der Waals surface area contributed by atoms with Gasteiger partial charge in [0, 0.05) is 37.0 Å². The lowest BCUT2D eigenvalue weighted by molar-refractivity contribution is 0.0732. The highest BCUT2D eigenvalue weighted by molar-refractivity contribution is 7.90. The molecule has 0 bridgehead atoms. The summed E-state index contributed by atoms with van der Waals surface area (Å²) in [6, 6.07) is 17.1. The number of fused-ring (bicyclic) bond motifs is 2. The van der Waals surface area contributed by atoms with E-state index >= 15 is 0 Å². The number of hydrogen-bond acceptors (Lipinski definition) is 6. The van der Waals surface area contributed by atoms with Crippen molar-refractivity contribution in [1.82, 2.24) is 19.8 Å². The Kier molecular flexibility index (Phi) is 7.23. The average molecular weight is 533 g/mol. The summed E-state index contributed by atoms with van der Waals surface area (Å²) in [5.41, 5.74) is 6.28. The highest BCUT2D eigenvalue weighted by Crippen LogP contribution is 2.31. The predicted molar refractivity (Wildman–Crippen MR) is 148 cm³/mol. The van der Waals surface area contributed by atoms with Gasteiger partial charge in [0.05, 0.1) is 28.8 Å². The molecule has 0 unspecified atom stereocenters. The number of aryl methyl sites for hydroxylation is 1. The first-order valence-electron chi connectivity index (χ1n) is 12.8. The summed E-state index contributed by atoms with van der Waals surface area (Å²) in [6.45, 7) is 4.87. The van der Waals surface area contributed by atoms with Gasteiger partial charge in [-0.15, -0.1) is 0 Å². The second kappa shape index (κ2) is 10.6. The van der Waals surface area contributed by atoms with Crippen molar-refractivity contribution in [2.24, 2.45) is 0 Å². The summed E-state index contributed by atoms with van der Waals surface area (Å²) >= 11 is 0. The number of sulfone groups is 1. The molecule has 5 rings (SSSR count). The molecule has 1 amide bonds. The van der Waals surface area contributed by atoms with Gasteiger partial charge in [0.15, 0.2) is 9.84 Å². The summed E-state index contributed by atoms with van der Waals surface area (Å²) in [5.74, 6) is 0.641. The molecule has 0 saturated heterocycles. The van der Waals surface area contributed by atoms with E-state index in [2.05, 4.69) is 39.1 Å². The van der Waals surface area contributed by atoms with Crippen molar-refractivity contribution >= 4 is 26.8 Å². The summed E-state index contributed by atoms with van der Waals surface area (Å²) in [5, 5.41) is 3.17. The van der Waals surface area contributed by atoms with Crippen molar-refractivity contribution in [2.45, 2.75) is 31.3 Å². The molecule has 1 aliphatic rings. The van der Waals surface area contributed by atoms with Gasteiger partial charge < -0.3 is 19.5 Å². The predicted octanol–water partition coefficient (Wildman–Crippen LogP) is 3.92. The van der Waals surface area contributed by atoms with Crippen molar-refractivity contribution in [2.75, 3.05) is 33.0 Å². The number of hydrogen-bond donors (Lipinski definition) is 1. The van der Waals surface area contributed by atoms with Crippen molar-refractivity contribution in [3.05, 3.63) is 77.6 Å². The van der Waals surface area contributed by atoms with Gasteiger partial charge in [0.1, 0.15) is 12.4 Å². The lowest BCUT2D eigenvalue weighted by atomic mass is 10.0. The smallest absolute Gasteiger partial charge is 0.254 e. The summed E-state index contributed by atoms with van der Waals surface area (Å²) in [6.07, 6.45) is 3.60. The van der Waals surface area contributed by atoms with E-state index in [9.17, 15) is 13.2 Å². The lowest BCUT2D eigenvalue weighted by Crippen LogP contribution is -2.33. The molecule has 9 heteroatoms. The minimum absolute atomic E-state index is 0.128. The van der Waals surface area contributed by atoms with Crippen LogP contribution in [0, 0.1) is 0 Å². The number of rotatable bonds is 7. The van der Waals surface area contributed by atoms with E-state index in [4.69, 9.17) is 4.74 Å². The quantitative estimate of drug-likeness (QED) is 0.388. The van der Waals surface area contributed by atoms with Crippen LogP contribution in [0.15, 0.2) is 65.8 Å². The third kappa shape index (κ3) is 5.16. The molecule has 0 fully saturated rings. The van der Waals surface area contributed by atoms with Gasteiger partial charge in [0.2, 0.25) is 0 Å². The topological polar surface area (TPSA) is 93.5 Å². The largest absolute Gasteiger partial charge is 0.491 e. The van der Waals surface area contributed by atoms with E-state index in [1.54, 1.807) is 17.0 Å². The summed E-state index contributed by atoms with van der Waals surface area (Å²) in [4.78, 5) is 20.2. The molecule has 0 saturated carbocycles. The van der Waals surface area contributed by atoms with Crippen LogP contribution in [0.2, 0.25) is 0 Å². The zero-order valence-electron chi connectivity index (χ0n) is 21.9. The Morgan fingerprint density at radius 3 is 2.63 bits per heavy atom. The first-order chi connectivity index (χ1) is 18.3. The molecule has 0 aliphatic carbocycles. The molecule has 1 N–H and O–H groups in total. The normalized spacial score (nSPS) is 13.7. The maximum atomic E-state index is 13.6. The van der Waals surface area contributed by atoms with Gasteiger partial charge in [-0.1, -0.05) is 19.1 Å². The van der Waals surface area contributed by atoms with E-state index < -0.39 is 9.84 Å². The van der Waals surface area contributed by atoms with Crippen molar-refractivity contribution in [3.8, 4) is 16.9 Å². The maximum absolute atomic E-state index is 13.6. The molecule has 3 aromatic carbocycles. The van der Waals surface area contributed by atoms with Crippen LogP contribution < -0.4 is 10.1 Å². The SMILES string of the molecule is CCc1cc(S(C)(=O)=O)ccc1C(=O)N1CCOc2ccc(-c3ccc4c(c3)ncn4CCNC)cc2C1. The van der Waals surface area contributed by atoms with E-state index in [0.717, 1.165) is 52.1 Å². The number of amides is 1. The van der Waals surface area contributed by atoms with E-state index in [1.165, 1.54) is 12.3 Å². The Morgan fingerprint density at radius 1 is 1.08 bits per heavy atom. The number of likely N-dealkylation sites (N-methyl/N-ethyl adjacent to an activating group) is 1. The van der Waals surface area contributed by atoms with Crippen LogP contribution in [-0.4, -0.2) is 61.8 Å². The molecule has 0 radical (unpaired) electrons. The number of aromatic nitrogens is 2. The van der Waals surface area contributed by atoms with Crippen molar-refractivity contribution in [3.63, 3.8) is 0 Å². The second-order valence-corrected chi connectivity index (χ2v) is 11.6. The Bertz CT molecular complexity index is 1610. The standard InChI is InChI=1S/C29H32N4O4S/c1-4-20-16-24(38(3,35)36)7-8-25(20)29(34)32-13-14-37-28-10-6-21(15-23(28)18-32)22-5-9-27-26(17-22)31-19-33(27)12-11-30-2/h5-10,15-17,19,30H,4,11-14,18H2,1-3H3. The first-order valence-corrected chi connectivity index (χ1v) is 14.7. The third-order valence-electron chi connectivity index (χ3n) is 7.00. The fourth-order valence-corrected chi connectivity index (χ4v) is 5.54. The molecule has 4 aromatic rings. The Balaban J connectivity index is 1.43. The molecule has 38 heavy (non-hydrogen) atoms. The van der Waals surface area contributed by atoms with Crippen LogP contribution in [-0.2, 0) is 29.3 Å². The van der Waals surface area contributed by atoms with E-state index in [0.29, 0.717) is 31.7 Å². The van der Waals surface area contributed by atoms with Crippen molar-refractivity contribution in [1.29, 1.82) is 0 Å². The lowest BCUT2D eigenvalue weighted by Gasteiger charge is -2.22. The zero-order valence-corrected chi connectivity index (χ0v) is 22.7. The number of nitrogens with one attached hydrogen (secondary N) is 1. The number of benzene rings is 3. The van der Waals surface area contributed by atoms with E-state index in [-0.39, 0.29) is 10.8 Å². The van der Waals surface area contributed by atoms with Gasteiger partial charge in [-0.2, -0.15) is 0 Å². The van der Waals surface area contributed by atoms with Gasteiger partial charge >= 0.3 is 0 Å². The van der Waals surface area contributed by atoms with Crippen LogP contribution in [0.5, 0.6) is 5.75 Å². The van der Waals surface area contributed by atoms with Gasteiger partial charge in [-0.05, 0) is 72.6 Å². The average Bonchev–Trinajstić information content (AvgIpc) is 3.19. The molecule has 0 spiro atoms. The molecule has 8 nitrogen and oxygen atoms in total. The first kappa shape index (κ1) is 25.9. The minimum atomic E-state index is -3.35. The Hall–Kier alpha value is -3.69. The van der Waals surface area contributed by atoms with Crippen LogP contribution in [0.3, 0.4) is 0 Å². The van der Waals surface area contributed by atoms with Crippen molar-refractivity contribution < 1.29 is 17.9 Å². The van der Waals surface area contributed by atoms with Gasteiger partial charge in [0.25, 0.3) is 5.91 Å². The molecule has 0 atom stereocenters. The van der Waals surface area contributed by atoms with Crippen LogP contribution in [0.4, 0.5) is 0 Å². The monoisotopic (exact) mass is 532 g/mol. The fourth-order valence-electron chi connectivity index (χ4n) is 4.87. The molecule has 1 aliphatic heterocycles. The highest BCUT2D eigenvalue weighted by Gasteiger charge is 2.24. The van der Waals surface area contributed by atoms with Gasteiger partial charge in [-0.3, -0.25) is 4.79 Å². The molecular formula is C29H32N4O4S. The number of carbonyl (C=O) groups is 1. The highest BCUT2D eigenvalue weighted by atomic mass is 32.2. The Labute approximate surface area is 223 Å². The summed E-state index contributed by atoms with van der Waals surface area (Å²) in [7, 11) is -1.41. The number of ether oxygens (including phenoxy) is 1. The maximum Gasteiger partial charge on any atom is 0.254 e. The molecule has 2 heterocycles. The molecule has 198 valence electrons. The Morgan fingerprint density at radius 2 is 1.87 bits per heavy atom. The second-order valence-electron chi connectivity index (χ2n) is 9.59. The number of nitrogens with zero attached hydrogens (tertiary/aromatic N) is 3. The fraction of sp³-hybridized carbons (Fsp3) is 0.310. The molecule has 1 aromatic heterocycles. The molecular weight excluding hydrogens is 500 g/mol. The van der Waals surface area contributed by atoms with Crippen LogP contribution >= 0.6 is 0 Å². The minimum Gasteiger partial charge on any atom is -0.491 e. The summed E-state index contributed by atoms with van der Waals surface area (Å²) < 4.78 is 32.2. The third-order valence-corrected chi connectivity index (χ3v) is 8.11. The van der Waals surface area contributed by atoms with Crippen LogP contribution in [0.25, 0.3) is 22.2 Å². The number of carbonyl (C=O) groups excluding carboxylic acids is 1. The van der Waals surface area contributed by atoms with Gasteiger partial charge in [-0.25, -0.2) is 13.4 Å². The van der Waals surface area contributed by atoms with Crippen LogP contribution in [0.1, 0.15) is 28.4 Å². The van der Waals surface area contributed by atoms with E-state index in [1.807, 2.05) is 32.4 Å². The zero-order chi connectivity index (χ0) is 26.9.